The van der Waals surface area contributed by atoms with Gasteiger partial charge in [-0.1, -0.05) is 26.8 Å². The quantitative estimate of drug-likeness (QED) is 0.818. The standard InChI is InChI=1S/C14H19FO3/c1-14(2,3)6-7-18-9-10-4-5-12(15)11(8-10)13(16)17/h4-5,8H,6-7,9H2,1-3H3,(H,16,17). The van der Waals surface area contributed by atoms with Gasteiger partial charge in [-0.2, -0.15) is 0 Å². The summed E-state index contributed by atoms with van der Waals surface area (Å²) in [6, 6.07) is 4.01. The summed E-state index contributed by atoms with van der Waals surface area (Å²) < 4.78 is 18.6. The number of halogens is 1. The molecule has 0 heterocycles. The van der Waals surface area contributed by atoms with Crippen molar-refractivity contribution in [2.75, 3.05) is 6.61 Å². The van der Waals surface area contributed by atoms with Crippen molar-refractivity contribution in [2.45, 2.75) is 33.8 Å². The highest BCUT2D eigenvalue weighted by Gasteiger charge is 2.12. The fraction of sp³-hybridized carbons (Fsp3) is 0.500. The van der Waals surface area contributed by atoms with Gasteiger partial charge in [-0.25, -0.2) is 9.18 Å². The topological polar surface area (TPSA) is 46.5 Å². The highest BCUT2D eigenvalue weighted by molar-refractivity contribution is 5.88. The zero-order valence-electron chi connectivity index (χ0n) is 11.0. The van der Waals surface area contributed by atoms with Crippen molar-refractivity contribution in [3.05, 3.63) is 35.1 Å². The average Bonchev–Trinajstić information content (AvgIpc) is 2.24. The molecule has 4 heteroatoms. The Balaban J connectivity index is 2.53. The third-order valence-corrected chi connectivity index (χ3v) is 2.53. The molecule has 100 valence electrons. The average molecular weight is 254 g/mol. The Kier molecular flexibility index (Phi) is 4.84. The third-order valence-electron chi connectivity index (χ3n) is 2.53. The Bertz CT molecular complexity index is 422. The second-order valence-electron chi connectivity index (χ2n) is 5.48. The van der Waals surface area contributed by atoms with Crippen molar-refractivity contribution in [1.29, 1.82) is 0 Å². The van der Waals surface area contributed by atoms with Gasteiger partial charge in [0.05, 0.1) is 12.2 Å². The molecule has 0 aliphatic carbocycles. The van der Waals surface area contributed by atoms with Crippen LogP contribution in [0.2, 0.25) is 0 Å². The Morgan fingerprint density at radius 3 is 2.61 bits per heavy atom. The van der Waals surface area contributed by atoms with Gasteiger partial charge in [0.15, 0.2) is 0 Å². The molecule has 0 unspecified atom stereocenters. The molecule has 0 radical (unpaired) electrons. The van der Waals surface area contributed by atoms with Gasteiger partial charge in [0.25, 0.3) is 0 Å². The molecule has 0 aliphatic heterocycles. The van der Waals surface area contributed by atoms with Gasteiger partial charge in [-0.05, 0) is 29.5 Å². The first-order valence-corrected chi connectivity index (χ1v) is 5.89. The predicted octanol–water partition coefficient (Wildman–Crippen LogP) is 3.48. The fourth-order valence-electron chi connectivity index (χ4n) is 1.39. The molecule has 1 aromatic rings. The highest BCUT2D eigenvalue weighted by atomic mass is 19.1. The maximum atomic E-state index is 13.1. The summed E-state index contributed by atoms with van der Waals surface area (Å²) in [4.78, 5) is 10.8. The summed E-state index contributed by atoms with van der Waals surface area (Å²) in [5.74, 6) is -1.98. The number of aromatic carboxylic acids is 1. The SMILES string of the molecule is CC(C)(C)CCOCc1ccc(F)c(C(=O)O)c1. The molecule has 0 spiro atoms. The molecule has 0 aliphatic rings. The number of benzene rings is 1. The maximum absolute atomic E-state index is 13.1. The smallest absolute Gasteiger partial charge is 0.338 e. The lowest BCUT2D eigenvalue weighted by atomic mass is 9.93. The normalized spacial score (nSPS) is 11.6. The largest absolute Gasteiger partial charge is 0.478 e. The number of ether oxygens (including phenoxy) is 1. The van der Waals surface area contributed by atoms with Crippen LogP contribution in [0, 0.1) is 11.2 Å². The molecule has 0 saturated carbocycles. The van der Waals surface area contributed by atoms with Gasteiger partial charge in [0.2, 0.25) is 0 Å². The van der Waals surface area contributed by atoms with E-state index in [1.807, 2.05) is 0 Å². The van der Waals surface area contributed by atoms with E-state index in [2.05, 4.69) is 20.8 Å². The number of hydrogen-bond donors (Lipinski definition) is 1. The van der Waals surface area contributed by atoms with Gasteiger partial charge in [-0.15, -0.1) is 0 Å². The molecule has 0 atom stereocenters. The van der Waals surface area contributed by atoms with Crippen LogP contribution < -0.4 is 0 Å². The van der Waals surface area contributed by atoms with E-state index < -0.39 is 11.8 Å². The second kappa shape index (κ2) is 5.96. The molecule has 1 rings (SSSR count). The summed E-state index contributed by atoms with van der Waals surface area (Å²) in [6.45, 7) is 7.27. The Labute approximate surface area is 107 Å². The van der Waals surface area contributed by atoms with E-state index in [4.69, 9.17) is 9.84 Å². The van der Waals surface area contributed by atoms with Crippen molar-refractivity contribution in [2.24, 2.45) is 5.41 Å². The minimum Gasteiger partial charge on any atom is -0.478 e. The fourth-order valence-corrected chi connectivity index (χ4v) is 1.39. The van der Waals surface area contributed by atoms with Crippen LogP contribution in [0.15, 0.2) is 18.2 Å². The van der Waals surface area contributed by atoms with E-state index in [1.54, 1.807) is 6.07 Å². The maximum Gasteiger partial charge on any atom is 0.338 e. The minimum atomic E-state index is -1.26. The van der Waals surface area contributed by atoms with Gasteiger partial charge in [0.1, 0.15) is 5.82 Å². The number of carboxylic acid groups (broad SMARTS) is 1. The van der Waals surface area contributed by atoms with Crippen LogP contribution in [-0.2, 0) is 11.3 Å². The van der Waals surface area contributed by atoms with E-state index in [-0.39, 0.29) is 11.0 Å². The second-order valence-corrected chi connectivity index (χ2v) is 5.48. The lowest BCUT2D eigenvalue weighted by Crippen LogP contribution is -2.09. The monoisotopic (exact) mass is 254 g/mol. The van der Waals surface area contributed by atoms with Crippen molar-refractivity contribution in [3.63, 3.8) is 0 Å². The van der Waals surface area contributed by atoms with Crippen molar-refractivity contribution in [1.82, 2.24) is 0 Å². The van der Waals surface area contributed by atoms with Crippen LogP contribution in [-0.4, -0.2) is 17.7 Å². The van der Waals surface area contributed by atoms with Crippen LogP contribution in [0.5, 0.6) is 0 Å². The number of carboxylic acids is 1. The third kappa shape index (κ3) is 4.84. The zero-order chi connectivity index (χ0) is 13.8. The van der Waals surface area contributed by atoms with Crippen molar-refractivity contribution in [3.8, 4) is 0 Å². The number of rotatable bonds is 5. The molecule has 1 aromatic carbocycles. The van der Waals surface area contributed by atoms with E-state index >= 15 is 0 Å². The highest BCUT2D eigenvalue weighted by Crippen LogP contribution is 2.18. The first kappa shape index (κ1) is 14.6. The molecule has 0 bridgehead atoms. The Morgan fingerprint density at radius 1 is 1.39 bits per heavy atom. The minimum absolute atomic E-state index is 0.203. The number of carbonyl (C=O) groups is 1. The molecular weight excluding hydrogens is 235 g/mol. The summed E-state index contributed by atoms with van der Waals surface area (Å²) in [5.41, 5.74) is 0.560. The van der Waals surface area contributed by atoms with Gasteiger partial charge >= 0.3 is 5.97 Å². The molecule has 18 heavy (non-hydrogen) atoms. The summed E-state index contributed by atoms with van der Waals surface area (Å²) in [5, 5.41) is 8.79. The van der Waals surface area contributed by atoms with Gasteiger partial charge < -0.3 is 9.84 Å². The lowest BCUT2D eigenvalue weighted by molar-refractivity contribution is 0.0691. The first-order valence-electron chi connectivity index (χ1n) is 5.89. The van der Waals surface area contributed by atoms with Crippen molar-refractivity contribution >= 4 is 5.97 Å². The molecule has 1 N–H and O–H groups in total. The van der Waals surface area contributed by atoms with E-state index in [0.717, 1.165) is 12.5 Å². The zero-order valence-corrected chi connectivity index (χ0v) is 11.0. The molecule has 0 saturated heterocycles. The van der Waals surface area contributed by atoms with Crippen LogP contribution in [0.3, 0.4) is 0 Å². The summed E-state index contributed by atoms with van der Waals surface area (Å²) >= 11 is 0. The van der Waals surface area contributed by atoms with E-state index in [9.17, 15) is 9.18 Å². The van der Waals surface area contributed by atoms with Gasteiger partial charge in [-0.3, -0.25) is 0 Å². The van der Waals surface area contributed by atoms with Gasteiger partial charge in [0, 0.05) is 6.61 Å². The number of hydrogen-bond acceptors (Lipinski definition) is 2. The molecule has 0 fully saturated rings. The molecule has 3 nitrogen and oxygen atoms in total. The predicted molar refractivity (Wildman–Crippen MR) is 67.1 cm³/mol. The first-order chi connectivity index (χ1) is 8.29. The Morgan fingerprint density at radius 2 is 2.06 bits per heavy atom. The van der Waals surface area contributed by atoms with Crippen molar-refractivity contribution < 1.29 is 19.0 Å². The van der Waals surface area contributed by atoms with E-state index in [0.29, 0.717) is 18.8 Å². The molecular formula is C14H19FO3. The molecule has 0 aromatic heterocycles. The van der Waals surface area contributed by atoms with Crippen LogP contribution in [0.4, 0.5) is 4.39 Å². The lowest BCUT2D eigenvalue weighted by Gasteiger charge is -2.17. The summed E-state index contributed by atoms with van der Waals surface area (Å²) in [6.07, 6.45) is 0.917. The Hall–Kier alpha value is -1.42. The van der Waals surface area contributed by atoms with Crippen LogP contribution in [0.25, 0.3) is 0 Å². The molecule has 0 amide bonds. The summed E-state index contributed by atoms with van der Waals surface area (Å²) in [7, 11) is 0. The van der Waals surface area contributed by atoms with E-state index in [1.165, 1.54) is 6.07 Å². The van der Waals surface area contributed by atoms with Crippen LogP contribution >= 0.6 is 0 Å². The van der Waals surface area contributed by atoms with Crippen LogP contribution in [0.1, 0.15) is 43.1 Å².